The first kappa shape index (κ1) is 27.0. The van der Waals surface area contributed by atoms with Crippen molar-refractivity contribution in [3.05, 3.63) is 89.1 Å². The lowest BCUT2D eigenvalue weighted by atomic mass is 10.1. The molecule has 0 fully saturated rings. The van der Waals surface area contributed by atoms with Crippen LogP contribution in [0.5, 0.6) is 0 Å². The van der Waals surface area contributed by atoms with Gasteiger partial charge < -0.3 is 15.6 Å². The Kier molecular flexibility index (Phi) is 7.11. The number of nitrogens with one attached hydrogen (secondary N) is 3. The summed E-state index contributed by atoms with van der Waals surface area (Å²) in [5.41, 5.74) is 1.77. The molecule has 0 spiro atoms. The summed E-state index contributed by atoms with van der Waals surface area (Å²) < 4.78 is 56.8. The molecule has 0 saturated carbocycles. The first-order valence-electron chi connectivity index (χ1n) is 12.4. The number of rotatable bonds is 7. The summed E-state index contributed by atoms with van der Waals surface area (Å²) in [6, 6.07) is 10.3. The van der Waals surface area contributed by atoms with E-state index in [0.29, 0.717) is 17.4 Å². The van der Waals surface area contributed by atoms with Crippen LogP contribution in [0.3, 0.4) is 0 Å². The quantitative estimate of drug-likeness (QED) is 0.215. The van der Waals surface area contributed by atoms with E-state index in [4.69, 9.17) is 0 Å². The van der Waals surface area contributed by atoms with Crippen molar-refractivity contribution < 1.29 is 22.4 Å². The van der Waals surface area contributed by atoms with Crippen LogP contribution in [0.1, 0.15) is 40.9 Å². The number of anilines is 1. The molecule has 0 radical (unpaired) electrons. The van der Waals surface area contributed by atoms with Crippen molar-refractivity contribution >= 4 is 22.6 Å². The van der Waals surface area contributed by atoms with E-state index < -0.39 is 23.5 Å². The topological polar surface area (TPSA) is 101 Å². The van der Waals surface area contributed by atoms with Gasteiger partial charge in [-0.2, -0.15) is 13.2 Å². The number of aromatic amines is 1. The van der Waals surface area contributed by atoms with Crippen molar-refractivity contribution in [1.82, 2.24) is 30.3 Å². The predicted molar refractivity (Wildman–Crippen MR) is 143 cm³/mol. The smallest absolute Gasteiger partial charge is 0.346 e. The number of aromatic nitrogens is 5. The third-order valence-electron chi connectivity index (χ3n) is 6.32. The second kappa shape index (κ2) is 10.5. The number of fused-ring (bicyclic) bond motifs is 1. The average molecular weight is 552 g/mol. The molecule has 0 bridgehead atoms. The van der Waals surface area contributed by atoms with Gasteiger partial charge in [0.05, 0.1) is 17.4 Å². The Morgan fingerprint density at radius 1 is 1.12 bits per heavy atom. The Balaban J connectivity index is 1.42. The van der Waals surface area contributed by atoms with Crippen molar-refractivity contribution in [2.45, 2.75) is 39.5 Å². The molecule has 0 unspecified atom stereocenters. The highest BCUT2D eigenvalue weighted by Gasteiger charge is 2.35. The number of hydrogen-bond donors (Lipinski definition) is 3. The zero-order chi connectivity index (χ0) is 28.6. The molecule has 0 aliphatic rings. The molecule has 12 heteroatoms. The molecular formula is C28H25F4N7O. The van der Waals surface area contributed by atoms with Crippen LogP contribution in [0.25, 0.3) is 28.0 Å². The van der Waals surface area contributed by atoms with E-state index >= 15 is 0 Å². The summed E-state index contributed by atoms with van der Waals surface area (Å²) in [6.45, 7) is 5.28. The molecule has 5 rings (SSSR count). The molecule has 3 heterocycles. The maximum absolute atomic E-state index is 14.6. The van der Waals surface area contributed by atoms with Gasteiger partial charge in [-0.1, -0.05) is 25.1 Å². The Bertz CT molecular complexity index is 1700. The van der Waals surface area contributed by atoms with Crippen LogP contribution < -0.4 is 10.6 Å². The summed E-state index contributed by atoms with van der Waals surface area (Å²) in [7, 11) is 0. The molecule has 8 nitrogen and oxygen atoms in total. The molecule has 0 aliphatic carbocycles. The van der Waals surface area contributed by atoms with Gasteiger partial charge in [0.25, 0.3) is 5.91 Å². The molecule has 2 aromatic carbocycles. The van der Waals surface area contributed by atoms with E-state index in [1.165, 1.54) is 10.7 Å². The number of alkyl halides is 3. The van der Waals surface area contributed by atoms with Crippen LogP contribution in [0.2, 0.25) is 0 Å². The number of hydrogen-bond acceptors (Lipinski definition) is 5. The van der Waals surface area contributed by atoms with E-state index in [-0.39, 0.29) is 29.4 Å². The van der Waals surface area contributed by atoms with Gasteiger partial charge in [-0.25, -0.2) is 14.1 Å². The lowest BCUT2D eigenvalue weighted by molar-refractivity contribution is -0.140. The molecule has 3 aromatic heterocycles. The highest BCUT2D eigenvalue weighted by atomic mass is 19.4. The number of carbonyl (C=O) groups is 1. The molecule has 5 aromatic rings. The van der Waals surface area contributed by atoms with E-state index in [2.05, 4.69) is 30.9 Å². The number of carbonyl (C=O) groups excluding carboxylic acids is 1. The summed E-state index contributed by atoms with van der Waals surface area (Å²) in [4.78, 5) is 20.5. The number of aryl methyl sites for hydroxylation is 1. The zero-order valence-corrected chi connectivity index (χ0v) is 21.8. The average Bonchev–Trinajstić information content (AvgIpc) is 3.57. The first-order valence-corrected chi connectivity index (χ1v) is 12.4. The lowest BCUT2D eigenvalue weighted by Gasteiger charge is -2.16. The fourth-order valence-corrected chi connectivity index (χ4v) is 4.20. The minimum absolute atomic E-state index is 0.0805. The van der Waals surface area contributed by atoms with Gasteiger partial charge in [-0.05, 0) is 48.9 Å². The zero-order valence-electron chi connectivity index (χ0n) is 21.8. The van der Waals surface area contributed by atoms with Gasteiger partial charge in [0.1, 0.15) is 17.2 Å². The minimum atomic E-state index is -4.93. The minimum Gasteiger partial charge on any atom is -0.346 e. The highest BCUT2D eigenvalue weighted by molar-refractivity contribution is 6.04. The molecule has 40 heavy (non-hydrogen) atoms. The fraction of sp³-hybridized carbons (Fsp3) is 0.214. The molecule has 1 amide bonds. The van der Waals surface area contributed by atoms with Crippen molar-refractivity contribution in [1.29, 1.82) is 0 Å². The second-order valence-electron chi connectivity index (χ2n) is 9.67. The van der Waals surface area contributed by atoms with Crippen LogP contribution in [0.15, 0.2) is 61.1 Å². The maximum atomic E-state index is 14.6. The largest absolute Gasteiger partial charge is 0.419 e. The van der Waals surface area contributed by atoms with Gasteiger partial charge in [-0.15, -0.1) is 5.10 Å². The van der Waals surface area contributed by atoms with Gasteiger partial charge in [-0.3, -0.25) is 4.79 Å². The number of nitrogens with zero attached hydrogens (tertiary/aromatic N) is 4. The van der Waals surface area contributed by atoms with E-state index in [0.717, 1.165) is 22.2 Å². The van der Waals surface area contributed by atoms with Gasteiger partial charge >= 0.3 is 6.18 Å². The molecule has 0 aliphatic heterocycles. The Morgan fingerprint density at radius 2 is 1.93 bits per heavy atom. The number of benzene rings is 2. The van der Waals surface area contributed by atoms with Crippen LogP contribution in [-0.2, 0) is 12.7 Å². The maximum Gasteiger partial charge on any atom is 0.419 e. The Hall–Kier alpha value is -4.58. The van der Waals surface area contributed by atoms with Crippen LogP contribution in [0.4, 0.5) is 23.2 Å². The van der Waals surface area contributed by atoms with Gasteiger partial charge in [0.2, 0.25) is 0 Å². The Morgan fingerprint density at radius 3 is 2.67 bits per heavy atom. The second-order valence-corrected chi connectivity index (χ2v) is 9.67. The van der Waals surface area contributed by atoms with E-state index in [9.17, 15) is 22.4 Å². The summed E-state index contributed by atoms with van der Waals surface area (Å²) in [5, 5.41) is 14.7. The number of amides is 1. The summed E-state index contributed by atoms with van der Waals surface area (Å²) in [6.07, 6.45) is 0.230. The monoisotopic (exact) mass is 551 g/mol. The van der Waals surface area contributed by atoms with Crippen LogP contribution >= 0.6 is 0 Å². The van der Waals surface area contributed by atoms with Crippen molar-refractivity contribution in [3.8, 4) is 16.9 Å². The number of halogens is 4. The van der Waals surface area contributed by atoms with Gasteiger partial charge in [0.15, 0.2) is 0 Å². The lowest BCUT2D eigenvalue weighted by Crippen LogP contribution is -2.24. The van der Waals surface area contributed by atoms with Crippen molar-refractivity contribution in [3.63, 3.8) is 0 Å². The molecule has 206 valence electrons. The van der Waals surface area contributed by atoms with Crippen LogP contribution in [0, 0.1) is 12.7 Å². The third-order valence-corrected chi connectivity index (χ3v) is 6.32. The first-order chi connectivity index (χ1) is 19.0. The summed E-state index contributed by atoms with van der Waals surface area (Å²) >= 11 is 0. The van der Waals surface area contributed by atoms with E-state index in [1.54, 1.807) is 50.6 Å². The van der Waals surface area contributed by atoms with E-state index in [1.807, 2.05) is 19.1 Å². The third kappa shape index (κ3) is 5.57. The molecule has 0 atom stereocenters. The SMILES string of the molecule is Cc1ccc(C(=O)Nc2cc(CNC(C)C)c(F)c(C(F)(F)F)c2)cc1-n1cc(-c2cnc3[nH]ccc3c2)nn1. The standard InChI is InChI=1S/C28H25F4N7O/c1-15(2)34-13-20-9-21(11-22(25(20)29)28(30,31)32)36-27(40)18-5-4-16(3)24(10-18)39-14-23(37-38-39)19-8-17-6-7-33-26(17)35-12-19/h4-12,14-15,34H,13H2,1-3H3,(H,33,35)(H,36,40). The molecule has 3 N–H and O–H groups in total. The number of pyridine rings is 1. The highest BCUT2D eigenvalue weighted by Crippen LogP contribution is 2.35. The summed E-state index contributed by atoms with van der Waals surface area (Å²) in [5.74, 6) is -2.03. The molecular weight excluding hydrogens is 526 g/mol. The van der Waals surface area contributed by atoms with Gasteiger partial charge in [0, 0.05) is 52.7 Å². The molecule has 0 saturated heterocycles. The normalized spacial score (nSPS) is 11.9. The number of H-pyrrole nitrogens is 1. The van der Waals surface area contributed by atoms with Crippen molar-refractivity contribution in [2.75, 3.05) is 5.32 Å². The predicted octanol–water partition coefficient (Wildman–Crippen LogP) is 6.03. The van der Waals surface area contributed by atoms with Crippen molar-refractivity contribution in [2.24, 2.45) is 0 Å². The Labute approximate surface area is 226 Å². The van der Waals surface area contributed by atoms with Crippen LogP contribution in [-0.4, -0.2) is 36.9 Å². The fourth-order valence-electron chi connectivity index (χ4n) is 4.20.